The van der Waals surface area contributed by atoms with Crippen molar-refractivity contribution in [2.75, 3.05) is 6.54 Å². The molecular formula is C18H26N4OS. The lowest BCUT2D eigenvalue weighted by Gasteiger charge is -2.20. The number of hydrazone groups is 1. The average molecular weight is 346 g/mol. The number of hydrogen-bond donors (Lipinski definition) is 3. The molecule has 24 heavy (non-hydrogen) atoms. The van der Waals surface area contributed by atoms with Gasteiger partial charge in [-0.2, -0.15) is 5.10 Å². The molecule has 1 aromatic carbocycles. The molecule has 4 N–H and O–H groups in total. The Labute approximate surface area is 149 Å². The van der Waals surface area contributed by atoms with Crippen LogP contribution in [0.5, 0.6) is 0 Å². The lowest BCUT2D eigenvalue weighted by molar-refractivity contribution is -0.125. The number of carbonyl (C=O) groups excluding carboxylic acids is 1. The van der Waals surface area contributed by atoms with Crippen molar-refractivity contribution in [1.82, 2.24) is 10.7 Å². The summed E-state index contributed by atoms with van der Waals surface area (Å²) >= 11 is 4.81. The summed E-state index contributed by atoms with van der Waals surface area (Å²) in [7, 11) is 0. The first kappa shape index (κ1) is 18.4. The van der Waals surface area contributed by atoms with Crippen molar-refractivity contribution in [1.29, 1.82) is 0 Å². The van der Waals surface area contributed by atoms with Crippen LogP contribution in [0, 0.1) is 5.92 Å². The molecule has 1 amide bonds. The number of hydrogen-bond acceptors (Lipinski definition) is 3. The summed E-state index contributed by atoms with van der Waals surface area (Å²) in [6.07, 6.45) is 7.23. The minimum atomic E-state index is 0.147. The molecule has 1 aliphatic rings. The molecule has 0 saturated heterocycles. The Morgan fingerprint density at radius 1 is 1.21 bits per heavy atom. The van der Waals surface area contributed by atoms with Crippen molar-refractivity contribution in [2.45, 2.75) is 44.9 Å². The van der Waals surface area contributed by atoms with E-state index in [4.69, 9.17) is 18.0 Å². The van der Waals surface area contributed by atoms with Gasteiger partial charge in [-0.05, 0) is 43.5 Å². The maximum Gasteiger partial charge on any atom is 0.223 e. The number of amides is 1. The van der Waals surface area contributed by atoms with E-state index in [9.17, 15) is 4.79 Å². The Bertz CT molecular complexity index is 568. The topological polar surface area (TPSA) is 79.5 Å². The molecule has 0 unspecified atom stereocenters. The van der Waals surface area contributed by atoms with Gasteiger partial charge in [0.1, 0.15) is 0 Å². The Kier molecular flexibility index (Phi) is 7.68. The van der Waals surface area contributed by atoms with Gasteiger partial charge in [-0.3, -0.25) is 10.2 Å². The predicted molar refractivity (Wildman–Crippen MR) is 102 cm³/mol. The van der Waals surface area contributed by atoms with Gasteiger partial charge in [-0.25, -0.2) is 0 Å². The van der Waals surface area contributed by atoms with Crippen molar-refractivity contribution >= 4 is 28.9 Å². The first-order valence-electron chi connectivity index (χ1n) is 8.62. The van der Waals surface area contributed by atoms with Crippen LogP contribution in [-0.4, -0.2) is 23.3 Å². The lowest BCUT2D eigenvalue weighted by atomic mass is 9.88. The molecule has 0 atom stereocenters. The highest BCUT2D eigenvalue weighted by Gasteiger charge is 2.20. The molecule has 0 aliphatic heterocycles. The van der Waals surface area contributed by atoms with E-state index in [0.29, 0.717) is 6.54 Å². The number of rotatable bonds is 7. The highest BCUT2D eigenvalue weighted by atomic mass is 32.1. The normalized spacial score (nSPS) is 15.8. The second-order valence-corrected chi connectivity index (χ2v) is 6.57. The van der Waals surface area contributed by atoms with Crippen LogP contribution in [0.15, 0.2) is 35.4 Å². The van der Waals surface area contributed by atoms with E-state index < -0.39 is 0 Å². The molecule has 0 heterocycles. The third-order valence-corrected chi connectivity index (χ3v) is 4.36. The molecule has 0 radical (unpaired) electrons. The van der Waals surface area contributed by atoms with E-state index in [1.165, 1.54) is 19.3 Å². The van der Waals surface area contributed by atoms with Crippen molar-refractivity contribution in [3.05, 3.63) is 35.9 Å². The van der Waals surface area contributed by atoms with E-state index in [2.05, 4.69) is 15.8 Å². The standard InChI is InChI=1S/C18H26N4OS/c19-18(24)22-21-16(14-8-3-1-4-9-14)12-7-13-20-17(23)15-10-5-2-6-11-15/h1,3-4,8-9,15H,2,5-7,10-13H2,(H,20,23)(H3,19,22,24). The Morgan fingerprint density at radius 3 is 2.58 bits per heavy atom. The molecule has 0 spiro atoms. The van der Waals surface area contributed by atoms with Gasteiger partial charge < -0.3 is 11.1 Å². The number of nitrogens with two attached hydrogens (primary N) is 1. The Hall–Kier alpha value is -1.95. The van der Waals surface area contributed by atoms with Crippen LogP contribution in [0.1, 0.15) is 50.5 Å². The van der Waals surface area contributed by atoms with Crippen LogP contribution >= 0.6 is 12.2 Å². The van der Waals surface area contributed by atoms with Crippen molar-refractivity contribution in [3.8, 4) is 0 Å². The molecule has 1 aliphatic carbocycles. The van der Waals surface area contributed by atoms with Gasteiger partial charge in [0.15, 0.2) is 5.11 Å². The molecule has 5 nitrogen and oxygen atoms in total. The van der Waals surface area contributed by atoms with E-state index in [1.54, 1.807) is 0 Å². The fourth-order valence-corrected chi connectivity index (χ4v) is 3.04. The minimum absolute atomic E-state index is 0.147. The molecule has 6 heteroatoms. The second-order valence-electron chi connectivity index (χ2n) is 6.13. The molecule has 1 saturated carbocycles. The smallest absolute Gasteiger partial charge is 0.223 e. The summed E-state index contributed by atoms with van der Waals surface area (Å²) in [5.41, 5.74) is 10.0. The first-order valence-corrected chi connectivity index (χ1v) is 9.03. The number of benzene rings is 1. The molecule has 130 valence electrons. The number of carbonyl (C=O) groups is 1. The zero-order chi connectivity index (χ0) is 17.2. The second kappa shape index (κ2) is 10.0. The van der Waals surface area contributed by atoms with Crippen LogP contribution in [0.25, 0.3) is 0 Å². The number of nitrogens with one attached hydrogen (secondary N) is 2. The highest BCUT2D eigenvalue weighted by molar-refractivity contribution is 7.80. The van der Waals surface area contributed by atoms with Crippen LogP contribution in [0.3, 0.4) is 0 Å². The highest BCUT2D eigenvalue weighted by Crippen LogP contribution is 2.23. The largest absolute Gasteiger partial charge is 0.375 e. The summed E-state index contributed by atoms with van der Waals surface area (Å²) in [6.45, 7) is 0.661. The Balaban J connectivity index is 1.81. The lowest BCUT2D eigenvalue weighted by Crippen LogP contribution is -2.32. The first-order chi connectivity index (χ1) is 11.7. The van der Waals surface area contributed by atoms with Gasteiger partial charge in [0.05, 0.1) is 5.71 Å². The van der Waals surface area contributed by atoms with Gasteiger partial charge in [0.25, 0.3) is 0 Å². The third kappa shape index (κ3) is 6.28. The van der Waals surface area contributed by atoms with Gasteiger partial charge >= 0.3 is 0 Å². The third-order valence-electron chi connectivity index (χ3n) is 4.27. The zero-order valence-corrected chi connectivity index (χ0v) is 14.8. The minimum Gasteiger partial charge on any atom is -0.375 e. The predicted octanol–water partition coefficient (Wildman–Crippen LogP) is 2.70. The SMILES string of the molecule is NC(=S)NN=C(CCCNC(=O)C1CCCCC1)c1ccccc1. The number of thiocarbonyl (C=S) groups is 1. The summed E-state index contributed by atoms with van der Waals surface area (Å²) < 4.78 is 0. The quantitative estimate of drug-likeness (QED) is 0.307. The van der Waals surface area contributed by atoms with Gasteiger partial charge in [-0.1, -0.05) is 49.6 Å². The van der Waals surface area contributed by atoms with E-state index in [0.717, 1.165) is 37.0 Å². The summed E-state index contributed by atoms with van der Waals surface area (Å²) in [5, 5.41) is 7.49. The van der Waals surface area contributed by atoms with Crippen molar-refractivity contribution < 1.29 is 4.79 Å². The van der Waals surface area contributed by atoms with Crippen LogP contribution in [0.2, 0.25) is 0 Å². The zero-order valence-electron chi connectivity index (χ0n) is 14.0. The molecule has 1 fully saturated rings. The average Bonchev–Trinajstić information content (AvgIpc) is 2.62. The molecule has 1 aromatic rings. The van der Waals surface area contributed by atoms with Crippen LogP contribution < -0.4 is 16.5 Å². The molecule has 2 rings (SSSR count). The Morgan fingerprint density at radius 2 is 1.92 bits per heavy atom. The maximum atomic E-state index is 12.1. The van der Waals surface area contributed by atoms with E-state index in [-0.39, 0.29) is 16.9 Å². The molecule has 0 aromatic heterocycles. The molecule has 0 bridgehead atoms. The fraction of sp³-hybridized carbons (Fsp3) is 0.500. The van der Waals surface area contributed by atoms with E-state index >= 15 is 0 Å². The summed E-state index contributed by atoms with van der Waals surface area (Å²) in [4.78, 5) is 12.1. The van der Waals surface area contributed by atoms with Crippen LogP contribution in [-0.2, 0) is 4.79 Å². The van der Waals surface area contributed by atoms with Gasteiger partial charge in [0, 0.05) is 12.5 Å². The molecular weight excluding hydrogens is 320 g/mol. The van der Waals surface area contributed by atoms with E-state index in [1.807, 2.05) is 30.3 Å². The van der Waals surface area contributed by atoms with Crippen LogP contribution in [0.4, 0.5) is 0 Å². The van der Waals surface area contributed by atoms with Gasteiger partial charge in [0.2, 0.25) is 5.91 Å². The maximum absolute atomic E-state index is 12.1. The van der Waals surface area contributed by atoms with Crippen molar-refractivity contribution in [2.24, 2.45) is 16.8 Å². The van der Waals surface area contributed by atoms with Crippen molar-refractivity contribution in [3.63, 3.8) is 0 Å². The fourth-order valence-electron chi connectivity index (χ4n) is 2.99. The number of nitrogens with zero attached hydrogens (tertiary/aromatic N) is 1. The summed E-state index contributed by atoms with van der Waals surface area (Å²) in [5.74, 6) is 0.409. The monoisotopic (exact) mass is 346 g/mol. The summed E-state index contributed by atoms with van der Waals surface area (Å²) in [6, 6.07) is 9.90. The van der Waals surface area contributed by atoms with Gasteiger partial charge in [-0.15, -0.1) is 0 Å².